The summed E-state index contributed by atoms with van der Waals surface area (Å²) >= 11 is 0. The van der Waals surface area contributed by atoms with Gasteiger partial charge in [-0.2, -0.15) is 0 Å². The summed E-state index contributed by atoms with van der Waals surface area (Å²) in [7, 11) is 2.10. The molecule has 0 bridgehead atoms. The van der Waals surface area contributed by atoms with Crippen LogP contribution in [0.2, 0.25) is 0 Å². The SMILES string of the molecule is CCC(C)C1NC(=O)C(C)N(C2CCN(C)CC2)C1=O. The van der Waals surface area contributed by atoms with Gasteiger partial charge in [0.05, 0.1) is 0 Å². The molecule has 2 fully saturated rings. The molecule has 5 nitrogen and oxygen atoms in total. The Morgan fingerprint density at radius 3 is 2.45 bits per heavy atom. The largest absolute Gasteiger partial charge is 0.342 e. The maximum absolute atomic E-state index is 12.8. The molecule has 0 spiro atoms. The fourth-order valence-corrected chi connectivity index (χ4v) is 3.20. The van der Waals surface area contributed by atoms with Gasteiger partial charge in [0.1, 0.15) is 12.1 Å². The van der Waals surface area contributed by atoms with Crippen LogP contribution in [-0.2, 0) is 9.59 Å². The van der Waals surface area contributed by atoms with Crippen LogP contribution in [0.15, 0.2) is 0 Å². The summed E-state index contributed by atoms with van der Waals surface area (Å²) in [6.45, 7) is 7.93. The van der Waals surface area contributed by atoms with E-state index in [1.165, 1.54) is 0 Å². The summed E-state index contributed by atoms with van der Waals surface area (Å²) in [6.07, 6.45) is 2.83. The van der Waals surface area contributed by atoms with E-state index < -0.39 is 0 Å². The van der Waals surface area contributed by atoms with E-state index >= 15 is 0 Å². The van der Waals surface area contributed by atoms with Crippen LogP contribution in [0.4, 0.5) is 0 Å². The zero-order valence-corrected chi connectivity index (χ0v) is 13.1. The Morgan fingerprint density at radius 1 is 1.30 bits per heavy atom. The molecule has 20 heavy (non-hydrogen) atoms. The molecule has 0 radical (unpaired) electrons. The third-order valence-electron chi connectivity index (χ3n) is 4.91. The van der Waals surface area contributed by atoms with Crippen molar-refractivity contribution in [2.75, 3.05) is 20.1 Å². The quantitative estimate of drug-likeness (QED) is 0.834. The minimum Gasteiger partial charge on any atom is -0.342 e. The summed E-state index contributed by atoms with van der Waals surface area (Å²) in [6, 6.07) is -0.467. The zero-order chi connectivity index (χ0) is 14.9. The molecular weight excluding hydrogens is 254 g/mol. The second kappa shape index (κ2) is 6.12. The van der Waals surface area contributed by atoms with Crippen molar-refractivity contribution in [2.24, 2.45) is 5.92 Å². The predicted molar refractivity (Wildman–Crippen MR) is 78.2 cm³/mol. The number of likely N-dealkylation sites (tertiary alicyclic amines) is 1. The standard InChI is InChI=1S/C15H27N3O2/c1-5-10(2)13-15(20)18(11(3)14(19)16-13)12-6-8-17(4)9-7-12/h10-13H,5-9H2,1-4H3,(H,16,19). The number of nitrogens with zero attached hydrogens (tertiary/aromatic N) is 2. The summed E-state index contributed by atoms with van der Waals surface area (Å²) in [4.78, 5) is 29.1. The second-order valence-electron chi connectivity index (χ2n) is 6.33. The first-order valence-electron chi connectivity index (χ1n) is 7.76. The Kier molecular flexibility index (Phi) is 4.68. The Hall–Kier alpha value is -1.10. The van der Waals surface area contributed by atoms with Gasteiger partial charge >= 0.3 is 0 Å². The molecule has 3 unspecified atom stereocenters. The molecule has 0 aromatic rings. The lowest BCUT2D eigenvalue weighted by molar-refractivity contribution is -0.154. The van der Waals surface area contributed by atoms with E-state index in [9.17, 15) is 9.59 Å². The highest BCUT2D eigenvalue weighted by Gasteiger charge is 2.43. The third kappa shape index (κ3) is 2.82. The van der Waals surface area contributed by atoms with Gasteiger partial charge in [0.25, 0.3) is 0 Å². The van der Waals surface area contributed by atoms with E-state index in [1.54, 1.807) is 0 Å². The van der Waals surface area contributed by atoms with E-state index in [2.05, 4.69) is 24.2 Å². The number of amides is 2. The van der Waals surface area contributed by atoms with E-state index in [1.807, 2.05) is 18.7 Å². The topological polar surface area (TPSA) is 52.7 Å². The normalized spacial score (nSPS) is 31.3. The molecule has 0 aliphatic carbocycles. The summed E-state index contributed by atoms with van der Waals surface area (Å²) < 4.78 is 0. The zero-order valence-electron chi connectivity index (χ0n) is 13.1. The van der Waals surface area contributed by atoms with Crippen LogP contribution < -0.4 is 5.32 Å². The first kappa shape index (κ1) is 15.3. The Balaban J connectivity index is 2.15. The lowest BCUT2D eigenvalue weighted by Crippen LogP contribution is -2.67. The molecule has 0 saturated carbocycles. The van der Waals surface area contributed by atoms with Crippen LogP contribution >= 0.6 is 0 Å². The fraction of sp³-hybridized carbons (Fsp3) is 0.867. The minimum atomic E-state index is -0.344. The lowest BCUT2D eigenvalue weighted by Gasteiger charge is -2.45. The number of rotatable bonds is 3. The van der Waals surface area contributed by atoms with Crippen LogP contribution in [0, 0.1) is 5.92 Å². The van der Waals surface area contributed by atoms with E-state index in [-0.39, 0.29) is 35.9 Å². The van der Waals surface area contributed by atoms with Gasteiger partial charge in [-0.25, -0.2) is 0 Å². The van der Waals surface area contributed by atoms with Crippen molar-refractivity contribution >= 4 is 11.8 Å². The lowest BCUT2D eigenvalue weighted by atomic mass is 9.91. The highest BCUT2D eigenvalue weighted by Crippen LogP contribution is 2.24. The highest BCUT2D eigenvalue weighted by atomic mass is 16.2. The number of piperidine rings is 1. The van der Waals surface area contributed by atoms with E-state index in [4.69, 9.17) is 0 Å². The first-order chi connectivity index (χ1) is 9.45. The number of piperazine rings is 1. The monoisotopic (exact) mass is 281 g/mol. The van der Waals surface area contributed by atoms with Gasteiger partial charge in [-0.1, -0.05) is 20.3 Å². The maximum atomic E-state index is 12.8. The van der Waals surface area contributed by atoms with Crippen molar-refractivity contribution in [3.8, 4) is 0 Å². The van der Waals surface area contributed by atoms with Crippen LogP contribution in [-0.4, -0.2) is 59.9 Å². The van der Waals surface area contributed by atoms with Crippen molar-refractivity contribution in [3.05, 3.63) is 0 Å². The van der Waals surface area contributed by atoms with Gasteiger partial charge in [0, 0.05) is 6.04 Å². The molecule has 0 aromatic carbocycles. The number of carbonyl (C=O) groups excluding carboxylic acids is 2. The summed E-state index contributed by atoms with van der Waals surface area (Å²) in [5, 5.41) is 2.90. The van der Waals surface area contributed by atoms with Gasteiger partial charge in [-0.3, -0.25) is 9.59 Å². The van der Waals surface area contributed by atoms with Gasteiger partial charge in [-0.05, 0) is 45.8 Å². The van der Waals surface area contributed by atoms with Crippen molar-refractivity contribution < 1.29 is 9.59 Å². The molecule has 2 amide bonds. The molecular formula is C15H27N3O2. The average Bonchev–Trinajstić information content (AvgIpc) is 2.44. The molecule has 0 aromatic heterocycles. The predicted octanol–water partition coefficient (Wildman–Crippen LogP) is 0.842. The van der Waals surface area contributed by atoms with Crippen molar-refractivity contribution in [1.29, 1.82) is 0 Å². The first-order valence-corrected chi connectivity index (χ1v) is 7.76. The number of nitrogens with one attached hydrogen (secondary N) is 1. The van der Waals surface area contributed by atoms with Crippen LogP contribution in [0.5, 0.6) is 0 Å². The van der Waals surface area contributed by atoms with E-state index in [0.717, 1.165) is 32.4 Å². The van der Waals surface area contributed by atoms with Gasteiger partial charge in [0.2, 0.25) is 11.8 Å². The number of carbonyl (C=O) groups is 2. The molecule has 2 rings (SSSR count). The maximum Gasteiger partial charge on any atom is 0.246 e. The molecule has 2 aliphatic heterocycles. The molecule has 2 heterocycles. The molecule has 5 heteroatoms. The molecule has 114 valence electrons. The third-order valence-corrected chi connectivity index (χ3v) is 4.91. The summed E-state index contributed by atoms with van der Waals surface area (Å²) in [5.74, 6) is 0.294. The molecule has 3 atom stereocenters. The molecule has 2 saturated heterocycles. The van der Waals surface area contributed by atoms with E-state index in [0.29, 0.717) is 0 Å². The van der Waals surface area contributed by atoms with Crippen LogP contribution in [0.1, 0.15) is 40.0 Å². The van der Waals surface area contributed by atoms with Crippen molar-refractivity contribution in [3.63, 3.8) is 0 Å². The second-order valence-corrected chi connectivity index (χ2v) is 6.33. The van der Waals surface area contributed by atoms with Gasteiger partial charge in [-0.15, -0.1) is 0 Å². The Morgan fingerprint density at radius 2 is 1.90 bits per heavy atom. The summed E-state index contributed by atoms with van der Waals surface area (Å²) in [5.41, 5.74) is 0. The fourth-order valence-electron chi connectivity index (χ4n) is 3.20. The number of hydrogen-bond acceptors (Lipinski definition) is 3. The molecule has 2 aliphatic rings. The highest BCUT2D eigenvalue weighted by molar-refractivity contribution is 5.97. The Labute approximate surface area is 121 Å². The van der Waals surface area contributed by atoms with Gasteiger partial charge < -0.3 is 15.1 Å². The van der Waals surface area contributed by atoms with Crippen LogP contribution in [0.3, 0.4) is 0 Å². The average molecular weight is 281 g/mol. The molecule has 1 N–H and O–H groups in total. The number of hydrogen-bond donors (Lipinski definition) is 1. The van der Waals surface area contributed by atoms with Gasteiger partial charge in [0.15, 0.2) is 0 Å². The van der Waals surface area contributed by atoms with Crippen molar-refractivity contribution in [2.45, 2.75) is 58.2 Å². The smallest absolute Gasteiger partial charge is 0.246 e. The van der Waals surface area contributed by atoms with Crippen molar-refractivity contribution in [1.82, 2.24) is 15.1 Å². The van der Waals surface area contributed by atoms with Crippen LogP contribution in [0.25, 0.3) is 0 Å². The Bertz CT molecular complexity index is 377. The minimum absolute atomic E-state index is 0.00571.